The van der Waals surface area contributed by atoms with Gasteiger partial charge in [-0.15, -0.1) is 0 Å². The first kappa shape index (κ1) is 9.00. The number of allylic oxidation sites excluding steroid dienone is 3. The Hall–Kier alpha value is -1.09. The molecular weight excluding hydrogens is 156 g/mol. The van der Waals surface area contributed by atoms with E-state index in [0.717, 1.165) is 18.4 Å². The summed E-state index contributed by atoms with van der Waals surface area (Å²) in [6.07, 6.45) is 7.41. The van der Waals surface area contributed by atoms with Crippen molar-refractivity contribution < 1.29 is 15.0 Å². The Labute approximate surface area is 71.0 Å². The van der Waals surface area contributed by atoms with Crippen molar-refractivity contribution in [3.63, 3.8) is 0 Å². The highest BCUT2D eigenvalue weighted by molar-refractivity contribution is 5.74. The molecule has 0 aliphatic heterocycles. The fraction of sp³-hybridized carbons (Fsp3) is 0.444. The lowest BCUT2D eigenvalue weighted by Gasteiger charge is -2.12. The summed E-state index contributed by atoms with van der Waals surface area (Å²) in [6, 6.07) is 0. The topological polar surface area (TPSA) is 57.5 Å². The van der Waals surface area contributed by atoms with Crippen LogP contribution in [0.2, 0.25) is 0 Å². The lowest BCUT2D eigenvalue weighted by Crippen LogP contribution is -2.19. The van der Waals surface area contributed by atoms with E-state index < -0.39 is 11.9 Å². The number of aliphatic hydroxyl groups is 1. The summed E-state index contributed by atoms with van der Waals surface area (Å²) < 4.78 is 0. The summed E-state index contributed by atoms with van der Waals surface area (Å²) in [5.41, 5.74) is 0.719. The molecule has 0 radical (unpaired) electrons. The lowest BCUT2D eigenvalue weighted by molar-refractivity contribution is -0.141. The normalized spacial score (nSPS) is 18.6. The number of carboxylic acids is 1. The minimum atomic E-state index is -0.963. The van der Waals surface area contributed by atoms with Crippen LogP contribution in [0.1, 0.15) is 12.8 Å². The SMILES string of the molecule is O=C(O)C(CO)C1=CCCC=C1. The van der Waals surface area contributed by atoms with Crippen LogP contribution < -0.4 is 0 Å². The van der Waals surface area contributed by atoms with Crippen molar-refractivity contribution in [3.05, 3.63) is 23.8 Å². The fourth-order valence-corrected chi connectivity index (χ4v) is 1.22. The van der Waals surface area contributed by atoms with Crippen LogP contribution in [0.3, 0.4) is 0 Å². The van der Waals surface area contributed by atoms with Gasteiger partial charge < -0.3 is 10.2 Å². The van der Waals surface area contributed by atoms with Crippen molar-refractivity contribution in [1.29, 1.82) is 0 Å². The Balaban J connectivity index is 2.71. The van der Waals surface area contributed by atoms with E-state index in [9.17, 15) is 4.79 Å². The zero-order valence-electron chi connectivity index (χ0n) is 6.73. The first-order valence-corrected chi connectivity index (χ1v) is 3.96. The molecule has 1 aliphatic carbocycles. The highest BCUT2D eigenvalue weighted by Crippen LogP contribution is 2.18. The Morgan fingerprint density at radius 3 is 2.75 bits per heavy atom. The largest absolute Gasteiger partial charge is 0.481 e. The number of aliphatic hydroxyl groups excluding tert-OH is 1. The molecular formula is C9H12O3. The van der Waals surface area contributed by atoms with Gasteiger partial charge in [-0.1, -0.05) is 18.2 Å². The van der Waals surface area contributed by atoms with Gasteiger partial charge in [0.1, 0.15) is 5.92 Å². The van der Waals surface area contributed by atoms with Crippen LogP contribution in [-0.4, -0.2) is 22.8 Å². The molecule has 0 aromatic rings. The zero-order valence-corrected chi connectivity index (χ0v) is 6.73. The van der Waals surface area contributed by atoms with Crippen molar-refractivity contribution in [3.8, 4) is 0 Å². The van der Waals surface area contributed by atoms with Crippen molar-refractivity contribution in [2.24, 2.45) is 5.92 Å². The van der Waals surface area contributed by atoms with E-state index >= 15 is 0 Å². The summed E-state index contributed by atoms with van der Waals surface area (Å²) in [5, 5.41) is 17.5. The van der Waals surface area contributed by atoms with Crippen molar-refractivity contribution in [2.45, 2.75) is 12.8 Å². The first-order valence-electron chi connectivity index (χ1n) is 3.96. The predicted molar refractivity (Wildman–Crippen MR) is 44.7 cm³/mol. The second-order valence-electron chi connectivity index (χ2n) is 2.76. The van der Waals surface area contributed by atoms with Gasteiger partial charge in [-0.05, 0) is 18.4 Å². The van der Waals surface area contributed by atoms with Crippen LogP contribution in [0, 0.1) is 5.92 Å². The van der Waals surface area contributed by atoms with Crippen LogP contribution in [0.15, 0.2) is 23.8 Å². The molecule has 12 heavy (non-hydrogen) atoms. The highest BCUT2D eigenvalue weighted by atomic mass is 16.4. The molecule has 0 aromatic carbocycles. The summed E-state index contributed by atoms with van der Waals surface area (Å²) in [6.45, 7) is -0.328. The molecule has 2 N–H and O–H groups in total. The smallest absolute Gasteiger partial charge is 0.313 e. The van der Waals surface area contributed by atoms with E-state index in [1.54, 1.807) is 6.08 Å². The van der Waals surface area contributed by atoms with Crippen molar-refractivity contribution in [2.75, 3.05) is 6.61 Å². The third-order valence-electron chi connectivity index (χ3n) is 1.91. The maximum absolute atomic E-state index is 10.6. The van der Waals surface area contributed by atoms with E-state index in [4.69, 9.17) is 10.2 Å². The average Bonchev–Trinajstić information content (AvgIpc) is 2.07. The maximum Gasteiger partial charge on any atom is 0.313 e. The van der Waals surface area contributed by atoms with Gasteiger partial charge in [-0.25, -0.2) is 0 Å². The average molecular weight is 168 g/mol. The highest BCUT2D eigenvalue weighted by Gasteiger charge is 2.19. The molecule has 0 bridgehead atoms. The number of rotatable bonds is 3. The van der Waals surface area contributed by atoms with Crippen LogP contribution >= 0.6 is 0 Å². The van der Waals surface area contributed by atoms with Crippen LogP contribution in [0.5, 0.6) is 0 Å². The molecule has 3 heteroatoms. The number of carboxylic acid groups (broad SMARTS) is 1. The van der Waals surface area contributed by atoms with Crippen LogP contribution in [0.25, 0.3) is 0 Å². The quantitative estimate of drug-likeness (QED) is 0.659. The van der Waals surface area contributed by atoms with Gasteiger partial charge in [-0.2, -0.15) is 0 Å². The standard InChI is InChI=1S/C9H12O3/c10-6-8(9(11)12)7-4-2-1-3-5-7/h2,4-5,8,10H,1,3,6H2,(H,11,12). The summed E-state index contributed by atoms with van der Waals surface area (Å²) in [5.74, 6) is -1.71. The minimum absolute atomic E-state index is 0.328. The lowest BCUT2D eigenvalue weighted by atomic mass is 9.95. The second kappa shape index (κ2) is 4.07. The number of carbonyl (C=O) groups is 1. The molecule has 0 saturated carbocycles. The molecule has 1 aliphatic rings. The summed E-state index contributed by atoms with van der Waals surface area (Å²) in [4.78, 5) is 10.6. The second-order valence-corrected chi connectivity index (χ2v) is 2.76. The Morgan fingerprint density at radius 1 is 1.58 bits per heavy atom. The van der Waals surface area contributed by atoms with E-state index in [1.807, 2.05) is 12.2 Å². The summed E-state index contributed by atoms with van der Waals surface area (Å²) in [7, 11) is 0. The number of aliphatic carboxylic acids is 1. The van der Waals surface area contributed by atoms with Gasteiger partial charge in [0, 0.05) is 0 Å². The monoisotopic (exact) mass is 168 g/mol. The molecule has 1 rings (SSSR count). The molecule has 0 spiro atoms. The fourth-order valence-electron chi connectivity index (χ4n) is 1.22. The Bertz CT molecular complexity index is 228. The predicted octanol–water partition coefficient (Wildman–Crippen LogP) is 0.956. The van der Waals surface area contributed by atoms with E-state index in [-0.39, 0.29) is 6.61 Å². The molecule has 3 nitrogen and oxygen atoms in total. The number of hydrogen-bond acceptors (Lipinski definition) is 2. The minimum Gasteiger partial charge on any atom is -0.481 e. The third kappa shape index (κ3) is 1.95. The molecule has 0 saturated heterocycles. The maximum atomic E-state index is 10.6. The van der Waals surface area contributed by atoms with Gasteiger partial charge >= 0.3 is 5.97 Å². The molecule has 0 fully saturated rings. The molecule has 1 atom stereocenters. The number of hydrogen-bond donors (Lipinski definition) is 2. The molecule has 0 aromatic heterocycles. The van der Waals surface area contributed by atoms with Crippen molar-refractivity contribution >= 4 is 5.97 Å². The van der Waals surface area contributed by atoms with Crippen molar-refractivity contribution in [1.82, 2.24) is 0 Å². The van der Waals surface area contributed by atoms with Gasteiger partial charge in [-0.3, -0.25) is 4.79 Å². The Morgan fingerprint density at radius 2 is 2.33 bits per heavy atom. The van der Waals surface area contributed by atoms with Gasteiger partial charge in [0.25, 0.3) is 0 Å². The van der Waals surface area contributed by atoms with E-state index in [0.29, 0.717) is 0 Å². The first-order chi connectivity index (χ1) is 5.75. The Kier molecular flexibility index (Phi) is 3.05. The van der Waals surface area contributed by atoms with Gasteiger partial charge in [0.05, 0.1) is 6.61 Å². The van der Waals surface area contributed by atoms with E-state index in [1.165, 1.54) is 0 Å². The molecule has 0 amide bonds. The van der Waals surface area contributed by atoms with Crippen LogP contribution in [0.4, 0.5) is 0 Å². The molecule has 0 heterocycles. The zero-order chi connectivity index (χ0) is 8.97. The van der Waals surface area contributed by atoms with E-state index in [2.05, 4.69) is 0 Å². The summed E-state index contributed by atoms with van der Waals surface area (Å²) >= 11 is 0. The molecule has 1 unspecified atom stereocenters. The third-order valence-corrected chi connectivity index (χ3v) is 1.91. The van der Waals surface area contributed by atoms with Crippen LogP contribution in [-0.2, 0) is 4.79 Å². The van der Waals surface area contributed by atoms with Gasteiger partial charge in [0.2, 0.25) is 0 Å². The van der Waals surface area contributed by atoms with Gasteiger partial charge in [0.15, 0.2) is 0 Å². The molecule has 66 valence electrons.